The van der Waals surface area contributed by atoms with Crippen LogP contribution >= 0.6 is 0 Å². The SMILES string of the molecule is Cn1cc(-c2nc3c(-c4ccc5c(c4)CCCC5NC(=O)c4nc(C5(C)CC5)no4)ccnc3[nH]2)cn1. The van der Waals surface area contributed by atoms with Crippen LogP contribution < -0.4 is 5.32 Å². The predicted octanol–water partition coefficient (Wildman–Crippen LogP) is 4.27. The number of carbonyl (C=O) groups is 1. The first-order valence-corrected chi connectivity index (χ1v) is 12.6. The van der Waals surface area contributed by atoms with E-state index in [2.05, 4.69) is 55.6 Å². The highest BCUT2D eigenvalue weighted by Gasteiger charge is 2.44. The third-order valence-electron chi connectivity index (χ3n) is 7.60. The number of pyridine rings is 1. The van der Waals surface area contributed by atoms with Gasteiger partial charge in [-0.2, -0.15) is 10.1 Å². The second kappa shape index (κ2) is 8.09. The van der Waals surface area contributed by atoms with Crippen molar-refractivity contribution in [2.45, 2.75) is 50.5 Å². The molecule has 0 spiro atoms. The molecule has 1 amide bonds. The number of hydrogen-bond donors (Lipinski definition) is 2. The lowest BCUT2D eigenvalue weighted by Gasteiger charge is -2.26. The van der Waals surface area contributed by atoms with Crippen LogP contribution in [0.3, 0.4) is 0 Å². The molecule has 0 radical (unpaired) electrons. The summed E-state index contributed by atoms with van der Waals surface area (Å²) in [5, 5.41) is 11.4. The fraction of sp³-hybridized carbons (Fsp3) is 0.333. The zero-order chi connectivity index (χ0) is 25.1. The van der Waals surface area contributed by atoms with Gasteiger partial charge in [-0.15, -0.1) is 0 Å². The van der Waals surface area contributed by atoms with E-state index in [1.54, 1.807) is 17.1 Å². The van der Waals surface area contributed by atoms with E-state index in [1.165, 1.54) is 5.56 Å². The lowest BCUT2D eigenvalue weighted by Crippen LogP contribution is -2.31. The molecule has 10 nitrogen and oxygen atoms in total. The summed E-state index contributed by atoms with van der Waals surface area (Å²) in [6, 6.07) is 8.31. The standard InChI is InChI=1S/C27H26N8O2/c1-27(9-10-27)26-33-25(37-34-26)24(36)30-20-5-3-4-15-12-16(6-7-18(15)20)19-8-11-28-23-21(19)31-22(32-23)17-13-29-35(2)14-17/h6-8,11-14,20H,3-5,9-10H2,1-2H3,(H,30,36)(H,28,31,32). The summed E-state index contributed by atoms with van der Waals surface area (Å²) in [4.78, 5) is 29.9. The van der Waals surface area contributed by atoms with Gasteiger partial charge in [0.2, 0.25) is 0 Å². The van der Waals surface area contributed by atoms with Crippen LogP contribution in [0.15, 0.2) is 47.4 Å². The van der Waals surface area contributed by atoms with E-state index in [9.17, 15) is 4.79 Å². The van der Waals surface area contributed by atoms with Crippen molar-refractivity contribution in [1.29, 1.82) is 0 Å². The molecule has 186 valence electrons. The van der Waals surface area contributed by atoms with E-state index in [-0.39, 0.29) is 23.3 Å². The van der Waals surface area contributed by atoms with Gasteiger partial charge in [0.05, 0.1) is 17.8 Å². The van der Waals surface area contributed by atoms with Crippen molar-refractivity contribution in [3.63, 3.8) is 0 Å². The first-order chi connectivity index (χ1) is 18.0. The van der Waals surface area contributed by atoms with E-state index >= 15 is 0 Å². The third kappa shape index (κ3) is 3.80. The van der Waals surface area contributed by atoms with Crippen LogP contribution in [0.5, 0.6) is 0 Å². The second-order valence-corrected chi connectivity index (χ2v) is 10.4. The van der Waals surface area contributed by atoms with Gasteiger partial charge in [0.15, 0.2) is 11.5 Å². The highest BCUT2D eigenvalue weighted by molar-refractivity contribution is 5.92. The van der Waals surface area contributed by atoms with Gasteiger partial charge in [-0.05, 0) is 54.9 Å². The van der Waals surface area contributed by atoms with E-state index < -0.39 is 0 Å². The average molecular weight is 495 g/mol. The van der Waals surface area contributed by atoms with E-state index in [0.717, 1.165) is 71.3 Å². The number of imidazole rings is 1. The number of benzene rings is 1. The molecule has 1 atom stereocenters. The molecule has 0 bridgehead atoms. The molecule has 2 N–H and O–H groups in total. The van der Waals surface area contributed by atoms with Crippen molar-refractivity contribution in [3.05, 3.63) is 65.7 Å². The maximum atomic E-state index is 12.9. The molecular formula is C27H26N8O2. The van der Waals surface area contributed by atoms with Crippen LogP contribution in [0, 0.1) is 0 Å². The summed E-state index contributed by atoms with van der Waals surface area (Å²) in [6.07, 6.45) is 10.4. The Morgan fingerprint density at radius 1 is 1.22 bits per heavy atom. The van der Waals surface area contributed by atoms with Gasteiger partial charge >= 0.3 is 11.8 Å². The number of H-pyrrole nitrogens is 1. The second-order valence-electron chi connectivity index (χ2n) is 10.4. The van der Waals surface area contributed by atoms with Gasteiger partial charge < -0.3 is 14.8 Å². The van der Waals surface area contributed by atoms with Crippen LogP contribution in [0.2, 0.25) is 0 Å². The van der Waals surface area contributed by atoms with Gasteiger partial charge in [0.1, 0.15) is 11.3 Å². The van der Waals surface area contributed by atoms with E-state index in [4.69, 9.17) is 9.51 Å². The van der Waals surface area contributed by atoms with Crippen molar-refractivity contribution in [3.8, 4) is 22.5 Å². The topological polar surface area (TPSA) is 127 Å². The molecule has 1 aromatic carbocycles. The predicted molar refractivity (Wildman–Crippen MR) is 136 cm³/mol. The number of aryl methyl sites for hydroxylation is 2. The maximum absolute atomic E-state index is 12.9. The van der Waals surface area contributed by atoms with Crippen LogP contribution in [0.1, 0.15) is 66.3 Å². The van der Waals surface area contributed by atoms with Crippen molar-refractivity contribution in [2.75, 3.05) is 0 Å². The molecule has 2 aliphatic rings. The first kappa shape index (κ1) is 21.9. The minimum atomic E-state index is -0.319. The minimum Gasteiger partial charge on any atom is -0.341 e. The van der Waals surface area contributed by atoms with Gasteiger partial charge in [-0.25, -0.2) is 9.97 Å². The first-order valence-electron chi connectivity index (χ1n) is 12.6. The van der Waals surface area contributed by atoms with Crippen LogP contribution in [-0.2, 0) is 18.9 Å². The molecule has 1 saturated carbocycles. The van der Waals surface area contributed by atoms with Crippen LogP contribution in [-0.4, -0.2) is 40.8 Å². The zero-order valence-electron chi connectivity index (χ0n) is 20.7. The molecule has 10 heteroatoms. The Morgan fingerprint density at radius 3 is 2.92 bits per heavy atom. The zero-order valence-corrected chi connectivity index (χ0v) is 20.7. The molecule has 4 aromatic heterocycles. The largest absolute Gasteiger partial charge is 0.341 e. The Kier molecular flexibility index (Phi) is 4.79. The lowest BCUT2D eigenvalue weighted by molar-refractivity contribution is 0.0888. The normalized spacial score (nSPS) is 18.1. The summed E-state index contributed by atoms with van der Waals surface area (Å²) in [6.45, 7) is 2.09. The molecule has 5 aromatic rings. The lowest BCUT2D eigenvalue weighted by atomic mass is 9.85. The number of aromatic amines is 1. The quantitative estimate of drug-likeness (QED) is 0.373. The van der Waals surface area contributed by atoms with Crippen molar-refractivity contribution >= 4 is 17.1 Å². The van der Waals surface area contributed by atoms with Crippen molar-refractivity contribution in [1.82, 2.24) is 40.2 Å². The summed E-state index contributed by atoms with van der Waals surface area (Å²) in [7, 11) is 1.88. The molecular weight excluding hydrogens is 468 g/mol. The smallest absolute Gasteiger partial charge is 0.315 e. The number of nitrogens with zero attached hydrogens (tertiary/aromatic N) is 6. The van der Waals surface area contributed by atoms with Gasteiger partial charge in [0.25, 0.3) is 0 Å². The average Bonchev–Trinajstić information content (AvgIpc) is 3.32. The Balaban J connectivity index is 1.17. The Labute approximate surface area is 212 Å². The number of rotatable bonds is 5. The molecule has 0 saturated heterocycles. The highest BCUT2D eigenvalue weighted by Crippen LogP contribution is 2.46. The summed E-state index contributed by atoms with van der Waals surface area (Å²) < 4.78 is 7.03. The number of aromatic nitrogens is 7. The molecule has 7 rings (SSSR count). The minimum absolute atomic E-state index is 0.0361. The Bertz CT molecular complexity index is 1660. The molecule has 37 heavy (non-hydrogen) atoms. The number of nitrogens with one attached hydrogen (secondary N) is 2. The van der Waals surface area contributed by atoms with Crippen molar-refractivity contribution in [2.24, 2.45) is 7.05 Å². The van der Waals surface area contributed by atoms with Gasteiger partial charge in [-0.3, -0.25) is 9.48 Å². The number of amides is 1. The summed E-state index contributed by atoms with van der Waals surface area (Å²) in [5.41, 5.74) is 6.85. The van der Waals surface area contributed by atoms with Crippen LogP contribution in [0.25, 0.3) is 33.7 Å². The van der Waals surface area contributed by atoms with E-state index in [1.807, 2.05) is 19.3 Å². The number of hydrogen-bond acceptors (Lipinski definition) is 7. The van der Waals surface area contributed by atoms with E-state index in [0.29, 0.717) is 5.82 Å². The highest BCUT2D eigenvalue weighted by atomic mass is 16.5. The van der Waals surface area contributed by atoms with Crippen molar-refractivity contribution < 1.29 is 9.32 Å². The Morgan fingerprint density at radius 2 is 2.11 bits per heavy atom. The molecule has 1 fully saturated rings. The fourth-order valence-electron chi connectivity index (χ4n) is 5.15. The van der Waals surface area contributed by atoms with Gasteiger partial charge in [0, 0.05) is 30.4 Å². The molecule has 0 aliphatic heterocycles. The molecule has 4 heterocycles. The maximum Gasteiger partial charge on any atom is 0.315 e. The number of carbonyl (C=O) groups excluding carboxylic acids is 1. The number of fused-ring (bicyclic) bond motifs is 2. The molecule has 2 aliphatic carbocycles. The van der Waals surface area contributed by atoms with Gasteiger partial charge in [-0.1, -0.05) is 30.3 Å². The molecule has 1 unspecified atom stereocenters. The fourth-order valence-corrected chi connectivity index (χ4v) is 5.15. The monoisotopic (exact) mass is 494 g/mol. The summed E-state index contributed by atoms with van der Waals surface area (Å²) >= 11 is 0. The summed E-state index contributed by atoms with van der Waals surface area (Å²) in [5.74, 6) is 1.08. The Hall–Kier alpha value is -4.34. The van der Waals surface area contributed by atoms with Crippen LogP contribution in [0.4, 0.5) is 0 Å². The third-order valence-corrected chi connectivity index (χ3v) is 7.60.